The molecule has 1 heterocycles. The first-order valence-electron chi connectivity index (χ1n) is 8.53. The van der Waals surface area contributed by atoms with Crippen molar-refractivity contribution in [2.45, 2.75) is 17.3 Å². The van der Waals surface area contributed by atoms with Gasteiger partial charge in [0.15, 0.2) is 5.16 Å². The maximum absolute atomic E-state index is 13.3. The SMILES string of the molecule is COC(=O)c1ccc([C@H](C[N+](=O)[O-])Sc2nnc(C)n2-c2ccc(F)cc2)cc1. The molecule has 0 saturated heterocycles. The number of ether oxygens (including phenoxy) is 1. The van der Waals surface area contributed by atoms with Gasteiger partial charge in [-0.3, -0.25) is 14.7 Å². The average Bonchev–Trinajstić information content (AvgIpc) is 3.07. The predicted octanol–water partition coefficient (Wildman–Crippen LogP) is 3.61. The molecule has 0 N–H and O–H groups in total. The van der Waals surface area contributed by atoms with Crippen molar-refractivity contribution < 1.29 is 18.8 Å². The van der Waals surface area contributed by atoms with Gasteiger partial charge in [0, 0.05) is 10.6 Å². The first-order chi connectivity index (χ1) is 13.9. The van der Waals surface area contributed by atoms with Gasteiger partial charge in [-0.05, 0) is 48.9 Å². The van der Waals surface area contributed by atoms with Crippen molar-refractivity contribution in [3.05, 3.63) is 81.4 Å². The van der Waals surface area contributed by atoms with E-state index in [-0.39, 0.29) is 12.4 Å². The third-order valence-electron chi connectivity index (χ3n) is 4.15. The van der Waals surface area contributed by atoms with Crippen molar-refractivity contribution in [2.24, 2.45) is 0 Å². The smallest absolute Gasteiger partial charge is 0.337 e. The highest BCUT2D eigenvalue weighted by Crippen LogP contribution is 2.36. The summed E-state index contributed by atoms with van der Waals surface area (Å²) in [5.74, 6) is -0.285. The van der Waals surface area contributed by atoms with Gasteiger partial charge < -0.3 is 4.74 Å². The standard InChI is InChI=1S/C19H17FN4O4S/c1-12-21-22-19(24(12)16-9-7-15(20)8-10-16)29-17(11-23(26)27)13-3-5-14(6-4-13)18(25)28-2/h3-10,17H,11H2,1-2H3/t17-/m0/s1. The maximum atomic E-state index is 13.3. The van der Waals surface area contributed by atoms with Crippen LogP contribution in [-0.4, -0.2) is 39.3 Å². The molecule has 0 unspecified atom stereocenters. The molecule has 2 aromatic carbocycles. The van der Waals surface area contributed by atoms with Crippen LogP contribution in [0.15, 0.2) is 53.7 Å². The number of aryl methyl sites for hydroxylation is 1. The molecule has 1 atom stereocenters. The van der Waals surface area contributed by atoms with Crippen LogP contribution in [0.3, 0.4) is 0 Å². The molecule has 0 fully saturated rings. The highest BCUT2D eigenvalue weighted by Gasteiger charge is 2.24. The molecule has 3 aromatic rings. The van der Waals surface area contributed by atoms with Gasteiger partial charge in [0.05, 0.1) is 12.7 Å². The van der Waals surface area contributed by atoms with Crippen molar-refractivity contribution >= 4 is 17.7 Å². The molecule has 10 heteroatoms. The summed E-state index contributed by atoms with van der Waals surface area (Å²) in [4.78, 5) is 22.4. The molecule has 150 valence electrons. The van der Waals surface area contributed by atoms with E-state index in [0.29, 0.717) is 27.8 Å². The molecule has 3 rings (SSSR count). The molecule has 0 aliphatic heterocycles. The normalized spacial score (nSPS) is 11.8. The lowest BCUT2D eigenvalue weighted by atomic mass is 10.1. The molecule has 0 amide bonds. The van der Waals surface area contributed by atoms with Crippen molar-refractivity contribution in [1.82, 2.24) is 14.8 Å². The molecular formula is C19H17FN4O4S. The number of nitro groups is 1. The van der Waals surface area contributed by atoms with Crippen LogP contribution in [0.2, 0.25) is 0 Å². The highest BCUT2D eigenvalue weighted by molar-refractivity contribution is 7.99. The van der Waals surface area contributed by atoms with E-state index in [9.17, 15) is 19.3 Å². The molecule has 0 saturated carbocycles. The lowest BCUT2D eigenvalue weighted by molar-refractivity contribution is -0.479. The van der Waals surface area contributed by atoms with E-state index in [1.54, 1.807) is 47.9 Å². The summed E-state index contributed by atoms with van der Waals surface area (Å²) in [6.45, 7) is 1.39. The molecule has 0 bridgehead atoms. The Labute approximate surface area is 169 Å². The number of aromatic nitrogens is 3. The number of thioether (sulfide) groups is 1. The molecule has 8 nitrogen and oxygen atoms in total. The summed E-state index contributed by atoms with van der Waals surface area (Å²) in [5, 5.41) is 19.3. The van der Waals surface area contributed by atoms with E-state index in [1.165, 1.54) is 31.0 Å². The zero-order valence-corrected chi connectivity index (χ0v) is 16.4. The fourth-order valence-electron chi connectivity index (χ4n) is 2.73. The van der Waals surface area contributed by atoms with Gasteiger partial charge in [-0.15, -0.1) is 10.2 Å². The number of carbonyl (C=O) groups excluding carboxylic acids is 1. The van der Waals surface area contributed by atoms with Crippen molar-refractivity contribution in [3.63, 3.8) is 0 Å². The summed E-state index contributed by atoms with van der Waals surface area (Å²) >= 11 is 1.17. The first kappa shape index (κ1) is 20.5. The fourth-order valence-corrected chi connectivity index (χ4v) is 3.91. The lowest BCUT2D eigenvalue weighted by Crippen LogP contribution is -2.11. The van der Waals surface area contributed by atoms with Gasteiger partial charge in [0.25, 0.3) is 0 Å². The Bertz CT molecular complexity index is 1020. The second kappa shape index (κ2) is 8.82. The lowest BCUT2D eigenvalue weighted by Gasteiger charge is -2.14. The third kappa shape index (κ3) is 4.77. The molecule has 0 spiro atoms. The van der Waals surface area contributed by atoms with E-state index in [1.807, 2.05) is 0 Å². The van der Waals surface area contributed by atoms with E-state index >= 15 is 0 Å². The van der Waals surface area contributed by atoms with Crippen molar-refractivity contribution in [3.8, 4) is 5.69 Å². The molecule has 0 aliphatic carbocycles. The number of hydrogen-bond donors (Lipinski definition) is 0. The van der Waals surface area contributed by atoms with Crippen LogP contribution < -0.4 is 0 Å². The van der Waals surface area contributed by atoms with Gasteiger partial charge in [-0.1, -0.05) is 23.9 Å². The van der Waals surface area contributed by atoms with E-state index in [2.05, 4.69) is 14.9 Å². The largest absolute Gasteiger partial charge is 0.465 e. The van der Waals surface area contributed by atoms with Crippen molar-refractivity contribution in [1.29, 1.82) is 0 Å². The van der Waals surface area contributed by atoms with Crippen LogP contribution in [0.25, 0.3) is 5.69 Å². The first-order valence-corrected chi connectivity index (χ1v) is 9.41. The second-order valence-electron chi connectivity index (χ2n) is 6.08. The van der Waals surface area contributed by atoms with Gasteiger partial charge >= 0.3 is 5.97 Å². The minimum Gasteiger partial charge on any atom is -0.465 e. The monoisotopic (exact) mass is 416 g/mol. The van der Waals surface area contributed by atoms with Crippen LogP contribution in [0, 0.1) is 22.9 Å². The van der Waals surface area contributed by atoms with E-state index < -0.39 is 16.1 Å². The Morgan fingerprint density at radius 1 is 1.21 bits per heavy atom. The topological polar surface area (TPSA) is 100 Å². The third-order valence-corrected chi connectivity index (χ3v) is 5.33. The number of methoxy groups -OCH3 is 1. The van der Waals surface area contributed by atoms with Crippen LogP contribution in [-0.2, 0) is 4.74 Å². The molecule has 0 aliphatic rings. The Kier molecular flexibility index (Phi) is 6.23. The van der Waals surface area contributed by atoms with Gasteiger partial charge in [-0.25, -0.2) is 9.18 Å². The Morgan fingerprint density at radius 2 is 1.86 bits per heavy atom. The highest BCUT2D eigenvalue weighted by atomic mass is 32.2. The number of rotatable bonds is 7. The summed E-state index contributed by atoms with van der Waals surface area (Å²) in [5.41, 5.74) is 1.66. The van der Waals surface area contributed by atoms with Gasteiger partial charge in [0.1, 0.15) is 16.9 Å². The Morgan fingerprint density at radius 3 is 2.45 bits per heavy atom. The Balaban J connectivity index is 1.93. The number of halogens is 1. The van der Waals surface area contributed by atoms with Crippen LogP contribution in [0.5, 0.6) is 0 Å². The number of nitrogens with zero attached hydrogens (tertiary/aromatic N) is 4. The summed E-state index contributed by atoms with van der Waals surface area (Å²) in [6, 6.07) is 12.2. The molecule has 29 heavy (non-hydrogen) atoms. The van der Waals surface area contributed by atoms with Crippen LogP contribution in [0.4, 0.5) is 4.39 Å². The summed E-state index contributed by atoms with van der Waals surface area (Å²) in [6.07, 6.45) is 0. The Hall–Kier alpha value is -3.27. The molecular weight excluding hydrogens is 399 g/mol. The minimum absolute atomic E-state index is 0.350. The second-order valence-corrected chi connectivity index (χ2v) is 7.25. The fraction of sp³-hybridized carbons (Fsp3) is 0.211. The number of carbonyl (C=O) groups is 1. The minimum atomic E-state index is -0.570. The van der Waals surface area contributed by atoms with Crippen LogP contribution in [0.1, 0.15) is 27.0 Å². The maximum Gasteiger partial charge on any atom is 0.337 e. The average molecular weight is 416 g/mol. The van der Waals surface area contributed by atoms with Crippen LogP contribution >= 0.6 is 11.8 Å². The summed E-state index contributed by atoms with van der Waals surface area (Å²) < 4.78 is 19.6. The molecule has 1 aromatic heterocycles. The van der Waals surface area contributed by atoms with Crippen molar-refractivity contribution in [2.75, 3.05) is 13.7 Å². The number of benzene rings is 2. The molecule has 0 radical (unpaired) electrons. The zero-order valence-electron chi connectivity index (χ0n) is 15.6. The summed E-state index contributed by atoms with van der Waals surface area (Å²) in [7, 11) is 1.28. The van der Waals surface area contributed by atoms with E-state index in [4.69, 9.17) is 0 Å². The zero-order chi connectivity index (χ0) is 21.0. The predicted molar refractivity (Wildman–Crippen MR) is 104 cm³/mol. The van der Waals surface area contributed by atoms with Gasteiger partial charge in [0.2, 0.25) is 6.54 Å². The number of esters is 1. The van der Waals surface area contributed by atoms with E-state index in [0.717, 1.165) is 0 Å². The quantitative estimate of drug-likeness (QED) is 0.251. The number of hydrogen-bond acceptors (Lipinski definition) is 7. The van der Waals surface area contributed by atoms with Gasteiger partial charge in [-0.2, -0.15) is 0 Å².